The zero-order valence-corrected chi connectivity index (χ0v) is 8.48. The first-order chi connectivity index (χ1) is 6.29. The van der Waals surface area contributed by atoms with Crippen LogP contribution in [0.5, 0.6) is 0 Å². The fraction of sp³-hybridized carbons (Fsp3) is 0.500. The summed E-state index contributed by atoms with van der Waals surface area (Å²) in [6.45, 7) is 5.54. The Labute approximate surface area is 80.2 Å². The summed E-state index contributed by atoms with van der Waals surface area (Å²) in [4.78, 5) is 0. The van der Waals surface area contributed by atoms with Crippen LogP contribution in [0, 0.1) is 13.8 Å². The van der Waals surface area contributed by atoms with E-state index in [1.165, 1.54) is 41.6 Å². The van der Waals surface area contributed by atoms with E-state index >= 15 is 0 Å². The Hall–Kier alpha value is -0.980. The lowest BCUT2D eigenvalue weighted by atomic mass is 9.99. The van der Waals surface area contributed by atoms with E-state index in [9.17, 15) is 0 Å². The van der Waals surface area contributed by atoms with Crippen LogP contribution in [0.1, 0.15) is 29.5 Å². The Morgan fingerprint density at radius 3 is 2.69 bits per heavy atom. The third-order valence-electron chi connectivity index (χ3n) is 2.91. The molecule has 1 aromatic carbocycles. The molecule has 1 aliphatic rings. The Morgan fingerprint density at radius 1 is 1.08 bits per heavy atom. The second-order valence-corrected chi connectivity index (χ2v) is 3.94. The molecule has 1 nitrogen and oxygen atoms in total. The van der Waals surface area contributed by atoms with Crippen molar-refractivity contribution in [1.29, 1.82) is 0 Å². The average Bonchev–Trinajstić information content (AvgIpc) is 2.37. The lowest BCUT2D eigenvalue weighted by molar-refractivity contribution is 0.783. The van der Waals surface area contributed by atoms with E-state index in [1.807, 2.05) is 0 Å². The second-order valence-electron chi connectivity index (χ2n) is 3.94. The molecule has 1 heteroatoms. The van der Waals surface area contributed by atoms with Gasteiger partial charge in [0.25, 0.3) is 0 Å². The molecule has 0 atom stereocenters. The molecular weight excluding hydrogens is 158 g/mol. The average molecular weight is 175 g/mol. The molecule has 2 rings (SSSR count). The number of hydrogen-bond donors (Lipinski definition) is 1. The summed E-state index contributed by atoms with van der Waals surface area (Å²) in [7, 11) is 0. The largest absolute Gasteiger partial charge is 0.385 e. The monoisotopic (exact) mass is 175 g/mol. The molecule has 0 radical (unpaired) electrons. The molecule has 0 bridgehead atoms. The molecular formula is C12H17N. The van der Waals surface area contributed by atoms with Gasteiger partial charge in [-0.3, -0.25) is 0 Å². The van der Waals surface area contributed by atoms with Crippen LogP contribution in [0.15, 0.2) is 12.1 Å². The van der Waals surface area contributed by atoms with Crippen molar-refractivity contribution < 1.29 is 0 Å². The molecule has 0 amide bonds. The molecule has 0 aliphatic carbocycles. The summed E-state index contributed by atoms with van der Waals surface area (Å²) in [6.07, 6.45) is 3.87. The zero-order valence-electron chi connectivity index (χ0n) is 8.48. The van der Waals surface area contributed by atoms with Gasteiger partial charge in [0.1, 0.15) is 0 Å². The molecule has 0 spiro atoms. The predicted molar refractivity (Wildman–Crippen MR) is 57.3 cm³/mol. The predicted octanol–water partition coefficient (Wildman–Crippen LogP) is 3.05. The van der Waals surface area contributed by atoms with E-state index in [4.69, 9.17) is 0 Å². The Kier molecular flexibility index (Phi) is 2.26. The summed E-state index contributed by atoms with van der Waals surface area (Å²) < 4.78 is 0. The number of fused-ring (bicyclic) bond motifs is 1. The van der Waals surface area contributed by atoms with Crippen LogP contribution in [-0.4, -0.2) is 6.54 Å². The smallest absolute Gasteiger partial charge is 0.0405 e. The van der Waals surface area contributed by atoms with Gasteiger partial charge in [-0.05, 0) is 49.8 Å². The highest BCUT2D eigenvalue weighted by atomic mass is 14.9. The highest BCUT2D eigenvalue weighted by molar-refractivity contribution is 5.60. The van der Waals surface area contributed by atoms with Crippen molar-refractivity contribution in [3.8, 4) is 0 Å². The van der Waals surface area contributed by atoms with Crippen molar-refractivity contribution in [2.75, 3.05) is 11.9 Å². The van der Waals surface area contributed by atoms with Crippen molar-refractivity contribution in [2.45, 2.75) is 33.1 Å². The topological polar surface area (TPSA) is 12.0 Å². The quantitative estimate of drug-likeness (QED) is 0.639. The van der Waals surface area contributed by atoms with E-state index in [2.05, 4.69) is 31.3 Å². The lowest BCUT2D eigenvalue weighted by Gasteiger charge is -2.13. The van der Waals surface area contributed by atoms with Gasteiger partial charge in [0.2, 0.25) is 0 Å². The molecule has 0 saturated heterocycles. The molecule has 1 N–H and O–H groups in total. The summed E-state index contributed by atoms with van der Waals surface area (Å²) in [5.41, 5.74) is 5.77. The molecule has 0 aromatic heterocycles. The lowest BCUT2D eigenvalue weighted by Crippen LogP contribution is -2.02. The second kappa shape index (κ2) is 3.41. The van der Waals surface area contributed by atoms with Crippen LogP contribution in [0.3, 0.4) is 0 Å². The van der Waals surface area contributed by atoms with Crippen LogP contribution >= 0.6 is 0 Å². The van der Waals surface area contributed by atoms with Crippen LogP contribution in [-0.2, 0) is 6.42 Å². The Bertz CT molecular complexity index is 284. The van der Waals surface area contributed by atoms with Gasteiger partial charge >= 0.3 is 0 Å². The van der Waals surface area contributed by atoms with Gasteiger partial charge in [0.05, 0.1) is 0 Å². The van der Waals surface area contributed by atoms with Gasteiger partial charge in [-0.25, -0.2) is 0 Å². The first-order valence-corrected chi connectivity index (χ1v) is 5.12. The molecule has 0 fully saturated rings. The maximum Gasteiger partial charge on any atom is 0.0405 e. The molecule has 0 saturated carbocycles. The number of benzene rings is 1. The molecule has 13 heavy (non-hydrogen) atoms. The van der Waals surface area contributed by atoms with Crippen molar-refractivity contribution in [3.05, 3.63) is 28.8 Å². The summed E-state index contributed by atoms with van der Waals surface area (Å²) >= 11 is 0. The van der Waals surface area contributed by atoms with Crippen molar-refractivity contribution in [3.63, 3.8) is 0 Å². The van der Waals surface area contributed by atoms with Crippen molar-refractivity contribution in [1.82, 2.24) is 0 Å². The van der Waals surface area contributed by atoms with Gasteiger partial charge in [-0.15, -0.1) is 0 Å². The van der Waals surface area contributed by atoms with E-state index in [-0.39, 0.29) is 0 Å². The van der Waals surface area contributed by atoms with Gasteiger partial charge < -0.3 is 5.32 Å². The standard InChI is InChI=1S/C12H17N/c1-9-6-7-10(2)12-11(9)5-3-4-8-13-12/h6-7,13H,3-5,8H2,1-2H3. The van der Waals surface area contributed by atoms with Gasteiger partial charge in [-0.2, -0.15) is 0 Å². The van der Waals surface area contributed by atoms with Gasteiger partial charge in [0.15, 0.2) is 0 Å². The molecule has 1 heterocycles. The van der Waals surface area contributed by atoms with E-state index < -0.39 is 0 Å². The number of anilines is 1. The minimum Gasteiger partial charge on any atom is -0.385 e. The molecule has 1 aromatic rings. The number of nitrogens with one attached hydrogen (secondary N) is 1. The SMILES string of the molecule is Cc1ccc(C)c2c1CCCCN2. The van der Waals surface area contributed by atoms with Crippen molar-refractivity contribution in [2.24, 2.45) is 0 Å². The number of hydrogen-bond acceptors (Lipinski definition) is 1. The molecule has 0 unspecified atom stereocenters. The minimum atomic E-state index is 1.14. The van der Waals surface area contributed by atoms with Crippen LogP contribution in [0.4, 0.5) is 5.69 Å². The Morgan fingerprint density at radius 2 is 1.85 bits per heavy atom. The van der Waals surface area contributed by atoms with E-state index in [1.54, 1.807) is 0 Å². The fourth-order valence-corrected chi connectivity index (χ4v) is 2.08. The maximum atomic E-state index is 3.53. The highest BCUT2D eigenvalue weighted by Gasteiger charge is 2.10. The van der Waals surface area contributed by atoms with Crippen LogP contribution < -0.4 is 5.32 Å². The minimum absolute atomic E-state index is 1.14. The maximum absolute atomic E-state index is 3.53. The van der Waals surface area contributed by atoms with E-state index in [0.717, 1.165) is 6.54 Å². The third-order valence-corrected chi connectivity index (χ3v) is 2.91. The van der Waals surface area contributed by atoms with Crippen LogP contribution in [0.2, 0.25) is 0 Å². The molecule has 1 aliphatic heterocycles. The first-order valence-electron chi connectivity index (χ1n) is 5.12. The van der Waals surface area contributed by atoms with Gasteiger partial charge in [-0.1, -0.05) is 12.1 Å². The summed E-state index contributed by atoms with van der Waals surface area (Å²) in [5, 5.41) is 3.53. The highest BCUT2D eigenvalue weighted by Crippen LogP contribution is 2.27. The zero-order chi connectivity index (χ0) is 9.26. The van der Waals surface area contributed by atoms with Crippen LogP contribution in [0.25, 0.3) is 0 Å². The normalized spacial score (nSPS) is 15.8. The summed E-state index contributed by atoms with van der Waals surface area (Å²) in [6, 6.07) is 4.45. The van der Waals surface area contributed by atoms with Crippen molar-refractivity contribution >= 4 is 5.69 Å². The molecule has 70 valence electrons. The third kappa shape index (κ3) is 1.55. The number of rotatable bonds is 0. The first kappa shape index (κ1) is 8.61. The van der Waals surface area contributed by atoms with E-state index in [0.29, 0.717) is 0 Å². The summed E-state index contributed by atoms with van der Waals surface area (Å²) in [5.74, 6) is 0. The number of aryl methyl sites for hydroxylation is 2. The fourth-order valence-electron chi connectivity index (χ4n) is 2.08. The van der Waals surface area contributed by atoms with Gasteiger partial charge in [0, 0.05) is 12.2 Å². The Balaban J connectivity index is 2.50.